The average Bonchev–Trinajstić information content (AvgIpc) is 3.06. The second-order valence-corrected chi connectivity index (χ2v) is 6.75. The molecule has 2 N–H and O–H groups in total. The molecule has 2 rings (SSSR count). The van der Waals surface area contributed by atoms with Crippen LogP contribution in [0.3, 0.4) is 0 Å². The minimum absolute atomic E-state index is 0.0689. The van der Waals surface area contributed by atoms with Gasteiger partial charge in [-0.15, -0.1) is 0 Å². The van der Waals surface area contributed by atoms with E-state index in [2.05, 4.69) is 10.0 Å². The van der Waals surface area contributed by atoms with Crippen molar-refractivity contribution < 1.29 is 17.6 Å². The van der Waals surface area contributed by atoms with E-state index >= 15 is 0 Å². The van der Waals surface area contributed by atoms with Crippen molar-refractivity contribution in [3.63, 3.8) is 0 Å². The van der Waals surface area contributed by atoms with Crippen LogP contribution in [0.15, 0.2) is 53.1 Å². The van der Waals surface area contributed by atoms with Crippen LogP contribution < -0.4 is 10.0 Å². The average molecular weight is 322 g/mol. The fourth-order valence-corrected chi connectivity index (χ4v) is 2.46. The van der Waals surface area contributed by atoms with Crippen LogP contribution in [0.1, 0.15) is 24.3 Å². The Morgan fingerprint density at radius 3 is 2.50 bits per heavy atom. The van der Waals surface area contributed by atoms with Gasteiger partial charge in [0.05, 0.1) is 18.6 Å². The van der Waals surface area contributed by atoms with E-state index in [-0.39, 0.29) is 12.3 Å². The molecule has 118 valence electrons. The Bertz CT molecular complexity index is 696. The molecule has 0 unspecified atom stereocenters. The maximum absolute atomic E-state index is 12.0. The Morgan fingerprint density at radius 2 is 1.91 bits per heavy atom. The van der Waals surface area contributed by atoms with E-state index in [1.165, 1.54) is 13.2 Å². The molecule has 0 saturated heterocycles. The van der Waals surface area contributed by atoms with Crippen molar-refractivity contribution in [1.82, 2.24) is 10.0 Å². The molecule has 1 aromatic heterocycles. The molecule has 7 heteroatoms. The Kier molecular flexibility index (Phi) is 5.35. The molecule has 0 saturated carbocycles. The van der Waals surface area contributed by atoms with Gasteiger partial charge in [-0.1, -0.05) is 30.3 Å². The summed E-state index contributed by atoms with van der Waals surface area (Å²) >= 11 is 0. The SMILES string of the molecule is CCS(=O)(=O)NCC(=O)N[C@@H](c1ccccc1)c1ccco1. The number of carbonyl (C=O) groups excluding carboxylic acids is 1. The fraction of sp³-hybridized carbons (Fsp3) is 0.267. The van der Waals surface area contributed by atoms with Crippen LogP contribution >= 0.6 is 0 Å². The minimum Gasteiger partial charge on any atom is -0.467 e. The van der Waals surface area contributed by atoms with Crippen molar-refractivity contribution in [2.24, 2.45) is 0 Å². The largest absolute Gasteiger partial charge is 0.467 e. The van der Waals surface area contributed by atoms with Crippen LogP contribution in [0.4, 0.5) is 0 Å². The first-order chi connectivity index (χ1) is 10.5. The maximum Gasteiger partial charge on any atom is 0.235 e. The molecule has 6 nitrogen and oxygen atoms in total. The quantitative estimate of drug-likeness (QED) is 0.807. The van der Waals surface area contributed by atoms with Gasteiger partial charge < -0.3 is 9.73 Å². The Labute approximate surface area is 129 Å². The van der Waals surface area contributed by atoms with Crippen molar-refractivity contribution in [2.75, 3.05) is 12.3 Å². The van der Waals surface area contributed by atoms with E-state index in [0.29, 0.717) is 5.76 Å². The third-order valence-electron chi connectivity index (χ3n) is 3.10. The molecular weight excluding hydrogens is 304 g/mol. The number of nitrogens with one attached hydrogen (secondary N) is 2. The highest BCUT2D eigenvalue weighted by Gasteiger charge is 2.20. The molecule has 1 heterocycles. The Balaban J connectivity index is 2.10. The van der Waals surface area contributed by atoms with Gasteiger partial charge >= 0.3 is 0 Å². The summed E-state index contributed by atoms with van der Waals surface area (Å²) in [6.07, 6.45) is 1.53. The molecule has 0 bridgehead atoms. The van der Waals surface area contributed by atoms with Crippen LogP contribution in [0.25, 0.3) is 0 Å². The molecule has 0 aliphatic rings. The number of carbonyl (C=O) groups is 1. The van der Waals surface area contributed by atoms with Crippen molar-refractivity contribution >= 4 is 15.9 Å². The zero-order valence-electron chi connectivity index (χ0n) is 12.2. The van der Waals surface area contributed by atoms with Gasteiger partial charge in [-0.25, -0.2) is 13.1 Å². The molecule has 0 spiro atoms. The summed E-state index contributed by atoms with van der Waals surface area (Å²) in [6.45, 7) is 1.20. The van der Waals surface area contributed by atoms with Crippen LogP contribution in [-0.4, -0.2) is 26.6 Å². The molecule has 1 amide bonds. The van der Waals surface area contributed by atoms with Gasteiger partial charge in [-0.2, -0.15) is 0 Å². The molecular formula is C15H18N2O4S. The van der Waals surface area contributed by atoms with Crippen LogP contribution in [0.2, 0.25) is 0 Å². The number of benzene rings is 1. The fourth-order valence-electron chi connectivity index (χ4n) is 1.91. The monoisotopic (exact) mass is 322 g/mol. The predicted octanol–water partition coefficient (Wildman–Crippen LogP) is 1.42. The van der Waals surface area contributed by atoms with Crippen molar-refractivity contribution in [3.05, 3.63) is 60.1 Å². The van der Waals surface area contributed by atoms with E-state index in [0.717, 1.165) is 5.56 Å². The molecule has 1 aromatic carbocycles. The topological polar surface area (TPSA) is 88.4 Å². The first-order valence-corrected chi connectivity index (χ1v) is 8.52. The highest BCUT2D eigenvalue weighted by Crippen LogP contribution is 2.22. The number of amides is 1. The third-order valence-corrected chi connectivity index (χ3v) is 4.44. The highest BCUT2D eigenvalue weighted by atomic mass is 32.2. The van der Waals surface area contributed by atoms with Gasteiger partial charge in [0.25, 0.3) is 0 Å². The lowest BCUT2D eigenvalue weighted by Gasteiger charge is -2.17. The number of hydrogen-bond acceptors (Lipinski definition) is 4. The van der Waals surface area contributed by atoms with Crippen molar-refractivity contribution in [1.29, 1.82) is 0 Å². The van der Waals surface area contributed by atoms with Gasteiger partial charge in [0.2, 0.25) is 15.9 Å². The molecule has 0 aliphatic carbocycles. The summed E-state index contributed by atoms with van der Waals surface area (Å²) in [6, 6.07) is 12.3. The summed E-state index contributed by atoms with van der Waals surface area (Å²) in [5, 5.41) is 2.77. The zero-order valence-corrected chi connectivity index (χ0v) is 13.0. The lowest BCUT2D eigenvalue weighted by Crippen LogP contribution is -2.39. The summed E-state index contributed by atoms with van der Waals surface area (Å²) in [7, 11) is -3.40. The van der Waals surface area contributed by atoms with Gasteiger partial charge in [-0.05, 0) is 24.6 Å². The lowest BCUT2D eigenvalue weighted by atomic mass is 10.0. The van der Waals surface area contributed by atoms with Gasteiger partial charge in [0.15, 0.2) is 0 Å². The van der Waals surface area contributed by atoms with Crippen LogP contribution in [0.5, 0.6) is 0 Å². The van der Waals surface area contributed by atoms with E-state index < -0.39 is 22.0 Å². The Hall–Kier alpha value is -2.12. The number of hydrogen-bond donors (Lipinski definition) is 2. The molecule has 0 radical (unpaired) electrons. The van der Waals surface area contributed by atoms with E-state index in [9.17, 15) is 13.2 Å². The number of rotatable bonds is 7. The third kappa shape index (κ3) is 4.44. The van der Waals surface area contributed by atoms with Crippen LogP contribution in [-0.2, 0) is 14.8 Å². The van der Waals surface area contributed by atoms with Crippen molar-refractivity contribution in [3.8, 4) is 0 Å². The highest BCUT2D eigenvalue weighted by molar-refractivity contribution is 7.89. The standard InChI is InChI=1S/C15H18N2O4S/c1-2-22(19,20)16-11-14(18)17-15(13-9-6-10-21-13)12-7-4-3-5-8-12/h3-10,15-16H,2,11H2,1H3,(H,17,18)/t15-/m0/s1. The summed E-state index contributed by atoms with van der Waals surface area (Å²) in [5.74, 6) is 0.0841. The van der Waals surface area contributed by atoms with Gasteiger partial charge in [0, 0.05) is 0 Å². The molecule has 0 fully saturated rings. The molecule has 1 atom stereocenters. The normalized spacial score (nSPS) is 12.8. The van der Waals surface area contributed by atoms with E-state index in [1.54, 1.807) is 12.1 Å². The second kappa shape index (κ2) is 7.24. The smallest absolute Gasteiger partial charge is 0.235 e. The molecule has 0 aliphatic heterocycles. The predicted molar refractivity (Wildman–Crippen MR) is 82.6 cm³/mol. The maximum atomic E-state index is 12.0. The summed E-state index contributed by atoms with van der Waals surface area (Å²) in [4.78, 5) is 12.0. The molecule has 22 heavy (non-hydrogen) atoms. The lowest BCUT2D eigenvalue weighted by molar-refractivity contribution is -0.120. The van der Waals surface area contributed by atoms with Gasteiger partial charge in [0.1, 0.15) is 11.8 Å². The second-order valence-electron chi connectivity index (χ2n) is 4.65. The van der Waals surface area contributed by atoms with Crippen molar-refractivity contribution in [2.45, 2.75) is 13.0 Å². The first kappa shape index (κ1) is 16.3. The number of furan rings is 1. The summed E-state index contributed by atoms with van der Waals surface area (Å²) in [5.41, 5.74) is 0.851. The van der Waals surface area contributed by atoms with Gasteiger partial charge in [-0.3, -0.25) is 4.79 Å². The van der Waals surface area contributed by atoms with Crippen LogP contribution in [0, 0.1) is 0 Å². The zero-order chi connectivity index (χ0) is 16.0. The Morgan fingerprint density at radius 1 is 1.18 bits per heavy atom. The van der Waals surface area contributed by atoms with E-state index in [4.69, 9.17) is 4.42 Å². The minimum atomic E-state index is -3.40. The number of sulfonamides is 1. The summed E-state index contributed by atoms with van der Waals surface area (Å²) < 4.78 is 30.4. The molecule has 2 aromatic rings. The van der Waals surface area contributed by atoms with E-state index in [1.807, 2.05) is 30.3 Å². The first-order valence-electron chi connectivity index (χ1n) is 6.87.